The fraction of sp³-hybridized carbons (Fsp3) is 0.136. The molecule has 5 heteroatoms. The van der Waals surface area contributed by atoms with Crippen molar-refractivity contribution in [2.45, 2.75) is 13.0 Å². The Bertz CT molecular complexity index is 1210. The van der Waals surface area contributed by atoms with Gasteiger partial charge in [0.15, 0.2) is 0 Å². The highest BCUT2D eigenvalue weighted by Crippen LogP contribution is 2.19. The number of fused-ring (bicyclic) bond motifs is 2. The van der Waals surface area contributed by atoms with E-state index in [1.165, 1.54) is 4.68 Å². The van der Waals surface area contributed by atoms with E-state index in [2.05, 4.69) is 10.4 Å². The van der Waals surface area contributed by atoms with Gasteiger partial charge >= 0.3 is 0 Å². The zero-order valence-corrected chi connectivity index (χ0v) is 15.0. The summed E-state index contributed by atoms with van der Waals surface area (Å²) >= 11 is 0. The number of nitrogens with one attached hydrogen (secondary N) is 1. The molecule has 0 fully saturated rings. The highest BCUT2D eigenvalue weighted by molar-refractivity contribution is 5.90. The fourth-order valence-electron chi connectivity index (χ4n) is 3.37. The fourth-order valence-corrected chi connectivity index (χ4v) is 3.37. The van der Waals surface area contributed by atoms with Crippen molar-refractivity contribution in [2.24, 2.45) is 7.05 Å². The van der Waals surface area contributed by atoms with Crippen LogP contribution in [0.15, 0.2) is 71.5 Å². The highest BCUT2D eigenvalue weighted by Gasteiger charge is 2.11. The molecule has 1 N–H and O–H groups in total. The molecule has 0 atom stereocenters. The second-order valence-corrected chi connectivity index (χ2v) is 6.51. The minimum absolute atomic E-state index is 0.0777. The maximum Gasteiger partial charge on any atom is 0.274 e. The molecule has 0 unspecified atom stereocenters. The third kappa shape index (κ3) is 3.31. The second kappa shape index (κ2) is 7.03. The number of rotatable bonds is 4. The first-order valence-electron chi connectivity index (χ1n) is 8.82. The van der Waals surface area contributed by atoms with Gasteiger partial charge in [-0.05, 0) is 22.4 Å². The highest BCUT2D eigenvalue weighted by atomic mass is 16.1. The molecule has 3 aromatic carbocycles. The summed E-state index contributed by atoms with van der Waals surface area (Å²) in [6.45, 7) is 0.276. The van der Waals surface area contributed by atoms with Gasteiger partial charge in [-0.15, -0.1) is 0 Å². The Morgan fingerprint density at radius 2 is 1.59 bits per heavy atom. The lowest BCUT2D eigenvalue weighted by Gasteiger charge is -2.10. The number of benzene rings is 3. The van der Waals surface area contributed by atoms with Crippen LogP contribution in [0.1, 0.15) is 11.3 Å². The minimum Gasteiger partial charge on any atom is -0.350 e. The summed E-state index contributed by atoms with van der Waals surface area (Å²) < 4.78 is 1.31. The van der Waals surface area contributed by atoms with Crippen LogP contribution in [0.4, 0.5) is 0 Å². The Morgan fingerprint density at radius 3 is 2.41 bits per heavy atom. The lowest BCUT2D eigenvalue weighted by Crippen LogP contribution is -2.28. The van der Waals surface area contributed by atoms with E-state index in [9.17, 15) is 9.59 Å². The van der Waals surface area contributed by atoms with Crippen molar-refractivity contribution >= 4 is 27.5 Å². The standard InChI is InChI=1S/C22H19N3O2/c1-25-22(27)19-12-5-4-11-18(19)20(24-25)14-23-21(26)13-16-9-6-8-15-7-2-3-10-17(15)16/h2-12H,13-14H2,1H3,(H,23,26). The molecule has 0 aliphatic carbocycles. The van der Waals surface area contributed by atoms with Crippen molar-refractivity contribution in [1.29, 1.82) is 0 Å². The first kappa shape index (κ1) is 17.0. The summed E-state index contributed by atoms with van der Waals surface area (Å²) in [6, 6.07) is 21.3. The topological polar surface area (TPSA) is 64.0 Å². The summed E-state index contributed by atoms with van der Waals surface area (Å²) in [5.41, 5.74) is 1.53. The first-order valence-corrected chi connectivity index (χ1v) is 8.82. The molecule has 1 amide bonds. The number of carbonyl (C=O) groups is 1. The summed E-state index contributed by atoms with van der Waals surface area (Å²) in [5.74, 6) is -0.0777. The molecule has 4 rings (SSSR count). The monoisotopic (exact) mass is 357 g/mol. The van der Waals surface area contributed by atoms with Gasteiger partial charge < -0.3 is 5.32 Å². The van der Waals surface area contributed by atoms with Gasteiger partial charge in [-0.1, -0.05) is 60.7 Å². The van der Waals surface area contributed by atoms with Crippen molar-refractivity contribution < 1.29 is 4.79 Å². The van der Waals surface area contributed by atoms with Gasteiger partial charge in [0.1, 0.15) is 0 Å². The Kier molecular flexibility index (Phi) is 4.42. The first-order chi connectivity index (χ1) is 13.1. The summed E-state index contributed by atoms with van der Waals surface area (Å²) in [6.07, 6.45) is 0.297. The summed E-state index contributed by atoms with van der Waals surface area (Å²) in [5, 5.41) is 10.8. The van der Waals surface area contributed by atoms with Crippen LogP contribution in [0.2, 0.25) is 0 Å². The van der Waals surface area contributed by atoms with Crippen molar-refractivity contribution in [3.63, 3.8) is 0 Å². The lowest BCUT2D eigenvalue weighted by atomic mass is 10.0. The van der Waals surface area contributed by atoms with Gasteiger partial charge in [-0.25, -0.2) is 4.68 Å². The Balaban J connectivity index is 1.56. The van der Waals surface area contributed by atoms with Gasteiger partial charge in [0.25, 0.3) is 5.56 Å². The van der Waals surface area contributed by atoms with Crippen molar-refractivity contribution in [1.82, 2.24) is 15.1 Å². The number of carbonyl (C=O) groups excluding carboxylic acids is 1. The molecule has 0 radical (unpaired) electrons. The van der Waals surface area contributed by atoms with Crippen LogP contribution in [0, 0.1) is 0 Å². The average Bonchev–Trinajstić information content (AvgIpc) is 2.70. The van der Waals surface area contributed by atoms with E-state index in [1.54, 1.807) is 13.1 Å². The molecule has 27 heavy (non-hydrogen) atoms. The van der Waals surface area contributed by atoms with Crippen LogP contribution < -0.4 is 10.9 Å². The molecule has 5 nitrogen and oxygen atoms in total. The minimum atomic E-state index is -0.142. The van der Waals surface area contributed by atoms with Crippen LogP contribution in [-0.4, -0.2) is 15.7 Å². The van der Waals surface area contributed by atoms with Crippen LogP contribution in [0.5, 0.6) is 0 Å². The maximum absolute atomic E-state index is 12.5. The van der Waals surface area contributed by atoms with Crippen LogP contribution >= 0.6 is 0 Å². The zero-order valence-electron chi connectivity index (χ0n) is 15.0. The number of hydrogen-bond acceptors (Lipinski definition) is 3. The van der Waals surface area contributed by atoms with E-state index in [0.29, 0.717) is 17.5 Å². The molecule has 0 aliphatic rings. The maximum atomic E-state index is 12.5. The zero-order chi connectivity index (χ0) is 18.8. The van der Waals surface area contributed by atoms with Crippen molar-refractivity contribution in [3.05, 3.63) is 88.3 Å². The molecular formula is C22H19N3O2. The quantitative estimate of drug-likeness (QED) is 0.611. The Labute approximate surface area is 156 Å². The number of hydrogen-bond donors (Lipinski definition) is 1. The largest absolute Gasteiger partial charge is 0.350 e. The lowest BCUT2D eigenvalue weighted by molar-refractivity contribution is -0.120. The third-order valence-electron chi connectivity index (χ3n) is 4.72. The Hall–Kier alpha value is -3.47. The predicted molar refractivity (Wildman–Crippen MR) is 106 cm³/mol. The van der Waals surface area contributed by atoms with E-state index < -0.39 is 0 Å². The molecule has 0 bridgehead atoms. The molecule has 1 heterocycles. The van der Waals surface area contributed by atoms with Gasteiger partial charge in [0.2, 0.25) is 5.91 Å². The molecule has 0 saturated heterocycles. The number of nitrogens with zero attached hydrogens (tertiary/aromatic N) is 2. The van der Waals surface area contributed by atoms with Gasteiger partial charge in [-0.3, -0.25) is 9.59 Å². The summed E-state index contributed by atoms with van der Waals surface area (Å²) in [4.78, 5) is 24.7. The molecule has 0 aliphatic heterocycles. The number of aryl methyl sites for hydroxylation is 1. The molecule has 0 spiro atoms. The van der Waals surface area contributed by atoms with Crippen molar-refractivity contribution in [3.8, 4) is 0 Å². The SMILES string of the molecule is Cn1nc(CNC(=O)Cc2cccc3ccccc23)c2ccccc2c1=O. The van der Waals surface area contributed by atoms with Gasteiger partial charge in [0.05, 0.1) is 24.0 Å². The van der Waals surface area contributed by atoms with E-state index in [4.69, 9.17) is 0 Å². The average molecular weight is 357 g/mol. The van der Waals surface area contributed by atoms with Gasteiger partial charge in [-0.2, -0.15) is 5.10 Å². The second-order valence-electron chi connectivity index (χ2n) is 6.51. The van der Waals surface area contributed by atoms with Crippen molar-refractivity contribution in [2.75, 3.05) is 0 Å². The van der Waals surface area contributed by atoms with E-state index >= 15 is 0 Å². The van der Waals surface area contributed by atoms with Gasteiger partial charge in [0, 0.05) is 12.4 Å². The smallest absolute Gasteiger partial charge is 0.274 e. The third-order valence-corrected chi connectivity index (χ3v) is 4.72. The molecule has 4 aromatic rings. The van der Waals surface area contributed by atoms with E-state index in [-0.39, 0.29) is 18.0 Å². The van der Waals surface area contributed by atoms with Crippen LogP contribution in [0.25, 0.3) is 21.5 Å². The normalized spacial score (nSPS) is 11.0. The van der Waals surface area contributed by atoms with E-state index in [1.807, 2.05) is 60.7 Å². The summed E-state index contributed by atoms with van der Waals surface area (Å²) in [7, 11) is 1.62. The number of aromatic nitrogens is 2. The molecular weight excluding hydrogens is 338 g/mol. The number of amides is 1. The Morgan fingerprint density at radius 1 is 0.926 bits per heavy atom. The van der Waals surface area contributed by atoms with E-state index in [0.717, 1.165) is 21.7 Å². The molecule has 134 valence electrons. The molecule has 0 saturated carbocycles. The van der Waals surface area contributed by atoms with Crippen LogP contribution in [-0.2, 0) is 24.8 Å². The predicted octanol–water partition coefficient (Wildman–Crippen LogP) is 2.95. The molecule has 1 aromatic heterocycles. The van der Waals surface area contributed by atoms with Crippen LogP contribution in [0.3, 0.4) is 0 Å².